The van der Waals surface area contributed by atoms with Crippen molar-refractivity contribution in [3.05, 3.63) is 46.4 Å². The normalized spacial score (nSPS) is 20.2. The van der Waals surface area contributed by atoms with Crippen molar-refractivity contribution in [2.75, 3.05) is 38.3 Å². The monoisotopic (exact) mass is 474 g/mol. The molecule has 2 aromatic rings. The van der Waals surface area contributed by atoms with E-state index in [9.17, 15) is 5.21 Å². The third kappa shape index (κ3) is 5.62. The van der Waals surface area contributed by atoms with Gasteiger partial charge in [0.25, 0.3) is 0 Å². The van der Waals surface area contributed by atoms with Crippen molar-refractivity contribution in [3.63, 3.8) is 0 Å². The molecule has 0 bridgehead atoms. The Morgan fingerprint density at radius 3 is 2.48 bits per heavy atom. The van der Waals surface area contributed by atoms with E-state index in [0.717, 1.165) is 61.8 Å². The van der Waals surface area contributed by atoms with Crippen LogP contribution in [0.5, 0.6) is 0 Å². The van der Waals surface area contributed by atoms with Crippen molar-refractivity contribution in [2.45, 2.75) is 65.3 Å². The van der Waals surface area contributed by atoms with E-state index in [2.05, 4.69) is 60.8 Å². The van der Waals surface area contributed by atoms with Gasteiger partial charge in [0.15, 0.2) is 5.54 Å². The van der Waals surface area contributed by atoms with E-state index in [1.807, 2.05) is 26.1 Å². The number of anilines is 1. The van der Waals surface area contributed by atoms with Crippen LogP contribution in [-0.2, 0) is 10.3 Å². The Morgan fingerprint density at radius 1 is 1.33 bits per heavy atom. The molecule has 2 fully saturated rings. The summed E-state index contributed by atoms with van der Waals surface area (Å²) < 4.78 is 5.11. The lowest BCUT2D eigenvalue weighted by atomic mass is 9.96. The molecular weight excluding hydrogens is 434 g/mol. The molecule has 0 amide bonds. The highest BCUT2D eigenvalue weighted by Gasteiger charge is 2.61. The summed E-state index contributed by atoms with van der Waals surface area (Å²) in [6.45, 7) is 13.7. The van der Waals surface area contributed by atoms with Crippen LogP contribution in [0.2, 0.25) is 0 Å². The van der Waals surface area contributed by atoms with Crippen LogP contribution in [0.3, 0.4) is 0 Å². The van der Waals surface area contributed by atoms with Gasteiger partial charge in [-0.25, -0.2) is 10.2 Å². The number of nitrogens with one attached hydrogen (secondary N) is 1. The summed E-state index contributed by atoms with van der Waals surface area (Å²) in [4.78, 5) is 7.06. The average Bonchev–Trinajstić information content (AvgIpc) is 3.51. The van der Waals surface area contributed by atoms with Crippen LogP contribution < -0.4 is 4.90 Å². The van der Waals surface area contributed by atoms with Crippen molar-refractivity contribution in [2.24, 2.45) is 0 Å². The number of morpholine rings is 1. The molecule has 1 aliphatic heterocycles. The summed E-state index contributed by atoms with van der Waals surface area (Å²) in [5.74, 6) is 1.59. The highest BCUT2D eigenvalue weighted by atomic mass is 32.1. The number of pyridine rings is 1. The minimum atomic E-state index is -0.341. The number of aromatic amines is 1. The number of rotatable bonds is 6. The number of thiol groups is 1. The van der Waals surface area contributed by atoms with E-state index in [1.54, 1.807) is 7.05 Å². The average molecular weight is 475 g/mol. The Morgan fingerprint density at radius 2 is 2.00 bits per heavy atom. The second kappa shape index (κ2) is 10.6. The van der Waals surface area contributed by atoms with E-state index in [1.165, 1.54) is 17.7 Å². The number of hydrogen-bond acceptors (Lipinski definition) is 6. The molecule has 0 spiro atoms. The fraction of sp³-hybridized carbons (Fsp3) is 0.600. The highest BCUT2D eigenvalue weighted by molar-refractivity contribution is 7.74. The first-order chi connectivity index (χ1) is 15.6. The predicted molar refractivity (Wildman–Crippen MR) is 137 cm³/mol. The quantitative estimate of drug-likeness (QED) is 0.306. The molecule has 2 atom stereocenters. The molecule has 182 valence electrons. The van der Waals surface area contributed by atoms with Gasteiger partial charge in [0, 0.05) is 48.4 Å². The first kappa shape index (κ1) is 25.7. The molecule has 0 radical (unpaired) electrons. The van der Waals surface area contributed by atoms with Gasteiger partial charge < -0.3 is 9.64 Å². The lowest BCUT2D eigenvalue weighted by molar-refractivity contribution is -1.01. The number of ether oxygens (including phenoxy) is 1. The van der Waals surface area contributed by atoms with Crippen LogP contribution in [0.25, 0.3) is 6.08 Å². The predicted octanol–water partition coefficient (Wildman–Crippen LogP) is 5.16. The molecule has 3 heterocycles. The van der Waals surface area contributed by atoms with Crippen LogP contribution >= 0.6 is 12.8 Å². The third-order valence-electron chi connectivity index (χ3n) is 6.91. The standard InChI is InChI=1S/C17H26N3O2S.C8H14N2/c1-4-5-14-13(2)18-16(19-8-10-22-11-9-19)12-15(14)17(6-7-17)20(3,21)23;1-4-6(2)8-7(3)5-9-10-8/h4-5,12,21,23H,6-11H2,1-3H3;5-6H,4H2,1-3H3,(H,9,10)/q+1;/b5-4-;. The van der Waals surface area contributed by atoms with Crippen molar-refractivity contribution < 1.29 is 14.0 Å². The highest BCUT2D eigenvalue weighted by Crippen LogP contribution is 2.56. The lowest BCUT2D eigenvalue weighted by Crippen LogP contribution is -2.42. The lowest BCUT2D eigenvalue weighted by Gasteiger charge is -2.32. The molecule has 4 rings (SSSR count). The number of allylic oxidation sites excluding steroid dienone is 1. The van der Waals surface area contributed by atoms with Crippen molar-refractivity contribution >= 4 is 24.7 Å². The van der Waals surface area contributed by atoms with Crippen LogP contribution in [0, 0.1) is 13.8 Å². The SMILES string of the molecule is C/C=C\c1c(C2([N+](C)(O)S)CC2)cc(N2CCOCC2)nc1C.CCC(C)c1[nH]ncc1C. The van der Waals surface area contributed by atoms with Gasteiger partial charge in [-0.3, -0.25) is 5.10 Å². The van der Waals surface area contributed by atoms with Gasteiger partial charge >= 0.3 is 0 Å². The van der Waals surface area contributed by atoms with Crippen LogP contribution in [0.15, 0.2) is 18.3 Å². The molecular formula is C25H40N5O2S+. The summed E-state index contributed by atoms with van der Waals surface area (Å²) in [5.41, 5.74) is 5.46. The van der Waals surface area contributed by atoms with Crippen molar-refractivity contribution in [3.8, 4) is 0 Å². The molecule has 33 heavy (non-hydrogen) atoms. The minimum Gasteiger partial charge on any atom is -0.378 e. The molecule has 7 nitrogen and oxygen atoms in total. The Bertz CT molecular complexity index is 956. The largest absolute Gasteiger partial charge is 0.378 e. The van der Waals surface area contributed by atoms with Crippen molar-refractivity contribution in [1.29, 1.82) is 0 Å². The second-order valence-electron chi connectivity index (χ2n) is 9.35. The van der Waals surface area contributed by atoms with E-state index in [-0.39, 0.29) is 9.59 Å². The summed E-state index contributed by atoms with van der Waals surface area (Å²) in [5, 5.41) is 17.5. The van der Waals surface area contributed by atoms with Gasteiger partial charge in [-0.05, 0) is 44.7 Å². The number of aryl methyl sites for hydroxylation is 2. The fourth-order valence-corrected chi connectivity index (χ4v) is 4.79. The van der Waals surface area contributed by atoms with E-state index >= 15 is 0 Å². The molecule has 2 unspecified atom stereocenters. The zero-order valence-corrected chi connectivity index (χ0v) is 21.8. The molecule has 8 heteroatoms. The summed E-state index contributed by atoms with van der Waals surface area (Å²) in [6.07, 6.45) is 9.02. The Labute approximate surface area is 203 Å². The Kier molecular flexibility index (Phi) is 8.26. The van der Waals surface area contributed by atoms with Gasteiger partial charge in [0.05, 0.1) is 32.2 Å². The zero-order chi connectivity index (χ0) is 24.2. The molecule has 2 aliphatic rings. The molecule has 2 aromatic heterocycles. The number of aromatic nitrogens is 3. The number of nitrogens with zero attached hydrogens (tertiary/aromatic N) is 4. The molecule has 2 N–H and O–H groups in total. The third-order valence-corrected chi connectivity index (χ3v) is 7.30. The first-order valence-electron chi connectivity index (χ1n) is 11.9. The van der Waals surface area contributed by atoms with Crippen LogP contribution in [0.4, 0.5) is 5.82 Å². The minimum absolute atomic E-state index is 0.330. The number of hydrogen-bond donors (Lipinski definition) is 3. The van der Waals surface area contributed by atoms with Gasteiger partial charge in [0.2, 0.25) is 0 Å². The number of H-pyrrole nitrogens is 1. The van der Waals surface area contributed by atoms with Crippen LogP contribution in [0.1, 0.15) is 74.0 Å². The summed E-state index contributed by atoms with van der Waals surface area (Å²) >= 11 is 4.44. The van der Waals surface area contributed by atoms with E-state index < -0.39 is 0 Å². The molecule has 1 saturated heterocycles. The van der Waals surface area contributed by atoms with Gasteiger partial charge in [0.1, 0.15) is 12.9 Å². The zero-order valence-electron chi connectivity index (χ0n) is 20.9. The Hall–Kier alpha value is -1.87. The number of hydroxylamine groups is 2. The van der Waals surface area contributed by atoms with Gasteiger partial charge in [-0.1, -0.05) is 26.0 Å². The molecule has 0 aromatic carbocycles. The smallest absolute Gasteiger partial charge is 0.166 e. The van der Waals surface area contributed by atoms with E-state index in [4.69, 9.17) is 9.72 Å². The maximum atomic E-state index is 10.6. The maximum Gasteiger partial charge on any atom is 0.166 e. The summed E-state index contributed by atoms with van der Waals surface area (Å²) in [7, 11) is 1.74. The van der Waals surface area contributed by atoms with Crippen LogP contribution in [-0.4, -0.2) is 57.8 Å². The molecule has 1 saturated carbocycles. The molecule has 1 aliphatic carbocycles. The van der Waals surface area contributed by atoms with Gasteiger partial charge in [-0.2, -0.15) is 5.10 Å². The second-order valence-corrected chi connectivity index (χ2v) is 10.1. The summed E-state index contributed by atoms with van der Waals surface area (Å²) in [6, 6.07) is 2.14. The first-order valence-corrected chi connectivity index (χ1v) is 12.3. The maximum absolute atomic E-state index is 10.6. The Balaban J connectivity index is 0.000000257. The van der Waals surface area contributed by atoms with Crippen molar-refractivity contribution in [1.82, 2.24) is 15.2 Å². The fourth-order valence-electron chi connectivity index (χ4n) is 4.48. The van der Waals surface area contributed by atoms with Gasteiger partial charge in [-0.15, -0.1) is 4.05 Å². The van der Waals surface area contributed by atoms with E-state index in [0.29, 0.717) is 5.92 Å². The number of quaternary nitrogens is 1. The topological polar surface area (TPSA) is 74.3 Å².